The van der Waals surface area contributed by atoms with E-state index in [0.717, 1.165) is 26.1 Å². The zero-order chi connectivity index (χ0) is 17.8. The highest BCUT2D eigenvalue weighted by molar-refractivity contribution is 5.67. The minimum atomic E-state index is 0.950. The van der Waals surface area contributed by atoms with Gasteiger partial charge in [0.15, 0.2) is 0 Å². The Morgan fingerprint density at radius 1 is 0.885 bits per heavy atom. The van der Waals surface area contributed by atoms with Crippen molar-refractivity contribution in [2.75, 3.05) is 13.1 Å². The first-order valence-electron chi connectivity index (χ1n) is 9.26. The second-order valence-corrected chi connectivity index (χ2v) is 7.03. The zero-order valence-corrected chi connectivity index (χ0v) is 15.2. The fourth-order valence-corrected chi connectivity index (χ4v) is 3.51. The molecule has 1 aliphatic heterocycles. The Labute approximate surface area is 155 Å². The minimum Gasteiger partial charge on any atom is -0.295 e. The molecule has 2 aromatic carbocycles. The summed E-state index contributed by atoms with van der Waals surface area (Å²) in [6.45, 7) is 5.18. The molecule has 26 heavy (non-hydrogen) atoms. The summed E-state index contributed by atoms with van der Waals surface area (Å²) in [7, 11) is 0. The molecule has 0 N–H and O–H groups in total. The van der Waals surface area contributed by atoms with Gasteiger partial charge in [0.1, 0.15) is 0 Å². The van der Waals surface area contributed by atoms with Crippen LogP contribution in [0, 0.1) is 6.92 Å². The highest BCUT2D eigenvalue weighted by Gasteiger charge is 2.13. The summed E-state index contributed by atoms with van der Waals surface area (Å²) < 4.78 is 0. The smallest absolute Gasteiger partial charge is 0.0346 e. The number of pyridine rings is 1. The van der Waals surface area contributed by atoms with E-state index in [2.05, 4.69) is 77.5 Å². The number of aryl methyl sites for hydroxylation is 1. The largest absolute Gasteiger partial charge is 0.295 e. The Kier molecular flexibility index (Phi) is 4.94. The molecule has 2 heterocycles. The summed E-state index contributed by atoms with van der Waals surface area (Å²) in [5.41, 5.74) is 7.84. The normalized spacial score (nSPS) is 14.9. The fourth-order valence-electron chi connectivity index (χ4n) is 3.51. The lowest BCUT2D eigenvalue weighted by Crippen LogP contribution is -2.28. The van der Waals surface area contributed by atoms with Gasteiger partial charge in [0.05, 0.1) is 0 Å². The van der Waals surface area contributed by atoms with Gasteiger partial charge in [-0.1, -0.05) is 66.2 Å². The van der Waals surface area contributed by atoms with Gasteiger partial charge in [0.25, 0.3) is 0 Å². The van der Waals surface area contributed by atoms with Crippen LogP contribution in [0.2, 0.25) is 0 Å². The van der Waals surface area contributed by atoms with Gasteiger partial charge >= 0.3 is 0 Å². The highest BCUT2D eigenvalue weighted by atomic mass is 15.1. The van der Waals surface area contributed by atoms with Crippen molar-refractivity contribution < 1.29 is 0 Å². The lowest BCUT2D eigenvalue weighted by molar-refractivity contribution is 0.293. The van der Waals surface area contributed by atoms with E-state index in [0.29, 0.717) is 0 Å². The van der Waals surface area contributed by atoms with E-state index in [1.165, 1.54) is 33.4 Å². The van der Waals surface area contributed by atoms with Crippen LogP contribution in [0.3, 0.4) is 0 Å². The SMILES string of the molecule is Cc1ccc(C2=CCN(Cc3cncc(-c4ccccc4)c3)CC2)cc1. The first-order valence-corrected chi connectivity index (χ1v) is 9.26. The molecule has 1 aromatic heterocycles. The van der Waals surface area contributed by atoms with Gasteiger partial charge in [0, 0.05) is 37.6 Å². The van der Waals surface area contributed by atoms with Crippen molar-refractivity contribution in [2.45, 2.75) is 19.9 Å². The van der Waals surface area contributed by atoms with E-state index in [-0.39, 0.29) is 0 Å². The van der Waals surface area contributed by atoms with Crippen LogP contribution in [0.1, 0.15) is 23.1 Å². The molecule has 0 bridgehead atoms. The molecule has 4 rings (SSSR count). The summed E-state index contributed by atoms with van der Waals surface area (Å²) in [5.74, 6) is 0. The summed E-state index contributed by atoms with van der Waals surface area (Å²) in [4.78, 5) is 6.94. The van der Waals surface area contributed by atoms with Crippen molar-refractivity contribution >= 4 is 5.57 Å². The lowest BCUT2D eigenvalue weighted by atomic mass is 9.98. The number of benzene rings is 2. The molecule has 2 heteroatoms. The molecule has 0 aliphatic carbocycles. The van der Waals surface area contributed by atoms with Crippen LogP contribution in [0.4, 0.5) is 0 Å². The Morgan fingerprint density at radius 2 is 1.69 bits per heavy atom. The lowest BCUT2D eigenvalue weighted by Gasteiger charge is -2.26. The third kappa shape index (κ3) is 3.92. The molecule has 0 unspecified atom stereocenters. The maximum Gasteiger partial charge on any atom is 0.0346 e. The topological polar surface area (TPSA) is 16.1 Å². The Balaban J connectivity index is 1.44. The van der Waals surface area contributed by atoms with Gasteiger partial charge in [-0.2, -0.15) is 0 Å². The quantitative estimate of drug-likeness (QED) is 0.637. The minimum absolute atomic E-state index is 0.950. The highest BCUT2D eigenvalue weighted by Crippen LogP contribution is 2.24. The average molecular weight is 340 g/mol. The van der Waals surface area contributed by atoms with E-state index in [9.17, 15) is 0 Å². The van der Waals surface area contributed by atoms with E-state index in [1.54, 1.807) is 0 Å². The standard InChI is InChI=1S/C24H24N2/c1-19-7-9-22(10-8-19)23-11-13-26(14-12-23)18-20-15-24(17-25-16-20)21-5-3-2-4-6-21/h2-11,15-17H,12-14,18H2,1H3. The van der Waals surface area contributed by atoms with Crippen LogP contribution in [0.25, 0.3) is 16.7 Å². The number of hydrogen-bond donors (Lipinski definition) is 0. The molecule has 0 spiro atoms. The van der Waals surface area contributed by atoms with Gasteiger partial charge in [-0.25, -0.2) is 0 Å². The van der Waals surface area contributed by atoms with Crippen molar-refractivity contribution in [3.63, 3.8) is 0 Å². The number of nitrogens with zero attached hydrogens (tertiary/aromatic N) is 2. The molecule has 3 aromatic rings. The third-order valence-electron chi connectivity index (χ3n) is 5.02. The van der Waals surface area contributed by atoms with Gasteiger partial charge in [-0.05, 0) is 41.7 Å². The van der Waals surface area contributed by atoms with Crippen LogP contribution in [-0.2, 0) is 6.54 Å². The van der Waals surface area contributed by atoms with E-state index in [1.807, 2.05) is 18.5 Å². The van der Waals surface area contributed by atoms with Crippen molar-refractivity contribution in [1.82, 2.24) is 9.88 Å². The van der Waals surface area contributed by atoms with E-state index >= 15 is 0 Å². The molecule has 0 atom stereocenters. The molecular weight excluding hydrogens is 316 g/mol. The van der Waals surface area contributed by atoms with Crippen LogP contribution >= 0.6 is 0 Å². The fraction of sp³-hybridized carbons (Fsp3) is 0.208. The maximum absolute atomic E-state index is 4.46. The molecular formula is C24H24N2. The van der Waals surface area contributed by atoms with Crippen molar-refractivity contribution in [2.24, 2.45) is 0 Å². The summed E-state index contributed by atoms with van der Waals surface area (Å²) in [6.07, 6.45) is 7.42. The number of rotatable bonds is 4. The monoisotopic (exact) mass is 340 g/mol. The first kappa shape index (κ1) is 16.7. The predicted molar refractivity (Wildman–Crippen MR) is 109 cm³/mol. The molecule has 0 fully saturated rings. The Morgan fingerprint density at radius 3 is 2.42 bits per heavy atom. The van der Waals surface area contributed by atoms with Gasteiger partial charge < -0.3 is 0 Å². The molecule has 2 nitrogen and oxygen atoms in total. The summed E-state index contributed by atoms with van der Waals surface area (Å²) >= 11 is 0. The van der Waals surface area contributed by atoms with Crippen LogP contribution in [0.5, 0.6) is 0 Å². The molecule has 0 radical (unpaired) electrons. The van der Waals surface area contributed by atoms with Crippen LogP contribution < -0.4 is 0 Å². The van der Waals surface area contributed by atoms with E-state index < -0.39 is 0 Å². The van der Waals surface area contributed by atoms with Crippen LogP contribution in [0.15, 0.2) is 79.1 Å². The Bertz CT molecular complexity index is 895. The maximum atomic E-state index is 4.46. The summed E-state index contributed by atoms with van der Waals surface area (Å²) in [5, 5.41) is 0. The molecule has 130 valence electrons. The van der Waals surface area contributed by atoms with Gasteiger partial charge in [-0.15, -0.1) is 0 Å². The molecule has 0 saturated heterocycles. The zero-order valence-electron chi connectivity index (χ0n) is 15.2. The summed E-state index contributed by atoms with van der Waals surface area (Å²) in [6, 6.07) is 21.6. The second-order valence-electron chi connectivity index (χ2n) is 7.03. The molecule has 0 saturated carbocycles. The average Bonchev–Trinajstić information content (AvgIpc) is 2.70. The second kappa shape index (κ2) is 7.67. The van der Waals surface area contributed by atoms with Gasteiger partial charge in [0.2, 0.25) is 0 Å². The van der Waals surface area contributed by atoms with Crippen molar-refractivity contribution in [3.8, 4) is 11.1 Å². The van der Waals surface area contributed by atoms with Gasteiger partial charge in [-0.3, -0.25) is 9.88 Å². The predicted octanol–water partition coefficient (Wildman–Crippen LogP) is 5.35. The number of aromatic nitrogens is 1. The number of hydrogen-bond acceptors (Lipinski definition) is 2. The molecule has 1 aliphatic rings. The third-order valence-corrected chi connectivity index (χ3v) is 5.02. The van der Waals surface area contributed by atoms with Crippen LogP contribution in [-0.4, -0.2) is 23.0 Å². The van der Waals surface area contributed by atoms with Crippen molar-refractivity contribution in [3.05, 3.63) is 95.8 Å². The van der Waals surface area contributed by atoms with E-state index in [4.69, 9.17) is 0 Å². The molecule has 0 amide bonds. The Hall–Kier alpha value is -2.71. The van der Waals surface area contributed by atoms with Crippen molar-refractivity contribution in [1.29, 1.82) is 0 Å². The first-order chi connectivity index (χ1) is 12.8.